The van der Waals surface area contributed by atoms with Gasteiger partial charge in [0.05, 0.1) is 0 Å². The normalized spacial score (nSPS) is 30.2. The second kappa shape index (κ2) is 5.09. The lowest BCUT2D eigenvalue weighted by Crippen LogP contribution is -2.46. The zero-order valence-electron chi connectivity index (χ0n) is 10.6. The molecule has 3 heteroatoms. The highest BCUT2D eigenvalue weighted by atomic mass is 32.1. The van der Waals surface area contributed by atoms with Crippen molar-refractivity contribution < 1.29 is 0 Å². The summed E-state index contributed by atoms with van der Waals surface area (Å²) in [4.78, 5) is 4.25. The number of rotatable bonds is 2. The Morgan fingerprint density at radius 1 is 1.53 bits per heavy atom. The summed E-state index contributed by atoms with van der Waals surface area (Å²) in [6.45, 7) is 7.26. The first-order valence-corrected chi connectivity index (χ1v) is 7.70. The van der Waals surface area contributed by atoms with Crippen LogP contribution in [0.15, 0.2) is 11.4 Å². The molecule has 3 rings (SSSR count). The largest absolute Gasteiger partial charge is 0.313 e. The van der Waals surface area contributed by atoms with Crippen LogP contribution >= 0.6 is 11.3 Å². The van der Waals surface area contributed by atoms with Crippen LogP contribution in [0.1, 0.15) is 30.2 Å². The van der Waals surface area contributed by atoms with Gasteiger partial charge in [0.2, 0.25) is 0 Å². The number of piperidine rings is 1. The molecule has 2 atom stereocenters. The Morgan fingerprint density at radius 3 is 3.35 bits per heavy atom. The molecule has 17 heavy (non-hydrogen) atoms. The third-order valence-electron chi connectivity index (χ3n) is 4.12. The number of fused-ring (bicyclic) bond motifs is 1. The lowest BCUT2D eigenvalue weighted by atomic mass is 9.93. The molecule has 3 heterocycles. The molecule has 0 saturated carbocycles. The molecular weight excluding hydrogens is 228 g/mol. The quantitative estimate of drug-likeness (QED) is 0.867. The molecule has 0 aromatic carbocycles. The van der Waals surface area contributed by atoms with Gasteiger partial charge in [-0.25, -0.2) is 0 Å². The van der Waals surface area contributed by atoms with Gasteiger partial charge >= 0.3 is 0 Å². The first kappa shape index (κ1) is 11.7. The summed E-state index contributed by atoms with van der Waals surface area (Å²) >= 11 is 1.93. The number of nitrogens with one attached hydrogen (secondary N) is 1. The van der Waals surface area contributed by atoms with Gasteiger partial charge in [-0.05, 0) is 48.7 Å². The van der Waals surface area contributed by atoms with Gasteiger partial charge in [0, 0.05) is 30.6 Å². The van der Waals surface area contributed by atoms with Gasteiger partial charge in [-0.1, -0.05) is 6.92 Å². The van der Waals surface area contributed by atoms with Crippen LogP contribution in [-0.2, 0) is 13.0 Å². The average molecular weight is 250 g/mol. The monoisotopic (exact) mass is 250 g/mol. The van der Waals surface area contributed by atoms with Crippen LogP contribution in [0.2, 0.25) is 0 Å². The van der Waals surface area contributed by atoms with Crippen LogP contribution in [0, 0.1) is 5.92 Å². The Bertz CT molecular complexity index is 374. The fraction of sp³-hybridized carbons (Fsp3) is 0.714. The zero-order chi connectivity index (χ0) is 11.7. The fourth-order valence-electron chi connectivity index (χ4n) is 3.13. The average Bonchev–Trinajstić information content (AvgIpc) is 2.76. The first-order valence-electron chi connectivity index (χ1n) is 6.82. The van der Waals surface area contributed by atoms with Crippen LogP contribution in [-0.4, -0.2) is 30.6 Å². The Labute approximate surface area is 108 Å². The van der Waals surface area contributed by atoms with E-state index in [0.29, 0.717) is 0 Å². The lowest BCUT2D eigenvalue weighted by molar-refractivity contribution is 0.194. The molecule has 0 aliphatic carbocycles. The van der Waals surface area contributed by atoms with E-state index in [1.807, 2.05) is 11.3 Å². The molecule has 94 valence electrons. The fourth-order valence-corrected chi connectivity index (χ4v) is 4.02. The Hall–Kier alpha value is -0.380. The maximum absolute atomic E-state index is 3.68. The summed E-state index contributed by atoms with van der Waals surface area (Å²) in [7, 11) is 0. The zero-order valence-corrected chi connectivity index (χ0v) is 11.4. The molecule has 0 radical (unpaired) electrons. The van der Waals surface area contributed by atoms with Crippen LogP contribution in [0.25, 0.3) is 0 Å². The molecule has 0 amide bonds. The molecule has 2 nitrogen and oxygen atoms in total. The molecule has 0 spiro atoms. The van der Waals surface area contributed by atoms with Crippen molar-refractivity contribution in [3.8, 4) is 0 Å². The Morgan fingerprint density at radius 2 is 2.47 bits per heavy atom. The predicted molar refractivity (Wildman–Crippen MR) is 73.5 cm³/mol. The molecular formula is C14H22N2S. The number of nitrogens with zero attached hydrogens (tertiary/aromatic N) is 1. The molecule has 2 aliphatic rings. The third-order valence-corrected chi connectivity index (χ3v) is 5.15. The molecule has 2 aliphatic heterocycles. The van der Waals surface area contributed by atoms with Gasteiger partial charge < -0.3 is 5.32 Å². The highest BCUT2D eigenvalue weighted by molar-refractivity contribution is 7.10. The van der Waals surface area contributed by atoms with Crippen molar-refractivity contribution in [2.75, 3.05) is 19.6 Å². The second-order valence-corrected chi connectivity index (χ2v) is 6.64. The molecule has 0 bridgehead atoms. The van der Waals surface area contributed by atoms with Gasteiger partial charge in [-0.3, -0.25) is 4.90 Å². The van der Waals surface area contributed by atoms with Crippen molar-refractivity contribution in [1.29, 1.82) is 0 Å². The standard InChI is InChI=1S/C14H22N2S/c1-11-2-5-15-13(8-11)10-16-6-3-14-12(9-16)4-7-17-14/h4,7,11,13,15H,2-3,5-6,8-10H2,1H3. The predicted octanol–water partition coefficient (Wildman–Crippen LogP) is 2.49. The highest BCUT2D eigenvalue weighted by Gasteiger charge is 2.23. The van der Waals surface area contributed by atoms with E-state index in [2.05, 4.69) is 28.6 Å². The van der Waals surface area contributed by atoms with Gasteiger partial charge in [0.25, 0.3) is 0 Å². The van der Waals surface area contributed by atoms with Crippen LogP contribution in [0.3, 0.4) is 0 Å². The number of hydrogen-bond acceptors (Lipinski definition) is 3. The van der Waals surface area contributed by atoms with E-state index in [9.17, 15) is 0 Å². The number of hydrogen-bond donors (Lipinski definition) is 1. The third kappa shape index (κ3) is 2.72. The first-order chi connectivity index (χ1) is 8.31. The van der Waals surface area contributed by atoms with Gasteiger partial charge in [0.15, 0.2) is 0 Å². The van der Waals surface area contributed by atoms with Crippen LogP contribution < -0.4 is 5.32 Å². The van der Waals surface area contributed by atoms with Crippen molar-refractivity contribution in [1.82, 2.24) is 10.2 Å². The van der Waals surface area contributed by atoms with E-state index in [1.54, 1.807) is 10.4 Å². The molecule has 1 N–H and O–H groups in total. The summed E-state index contributed by atoms with van der Waals surface area (Å²) in [5, 5.41) is 5.92. The Kier molecular flexibility index (Phi) is 3.50. The van der Waals surface area contributed by atoms with E-state index in [1.165, 1.54) is 45.4 Å². The summed E-state index contributed by atoms with van der Waals surface area (Å²) in [6, 6.07) is 3.03. The minimum Gasteiger partial charge on any atom is -0.313 e. The highest BCUT2D eigenvalue weighted by Crippen LogP contribution is 2.25. The SMILES string of the molecule is CC1CCNC(CN2CCc3sccc3C2)C1. The van der Waals surface area contributed by atoms with Crippen molar-refractivity contribution in [2.45, 2.75) is 38.8 Å². The van der Waals surface area contributed by atoms with Crippen LogP contribution in [0.4, 0.5) is 0 Å². The maximum atomic E-state index is 3.68. The topological polar surface area (TPSA) is 15.3 Å². The number of thiophene rings is 1. The Balaban J connectivity index is 1.56. The van der Waals surface area contributed by atoms with E-state index < -0.39 is 0 Å². The van der Waals surface area contributed by atoms with Crippen molar-refractivity contribution >= 4 is 11.3 Å². The van der Waals surface area contributed by atoms with E-state index in [0.717, 1.165) is 12.0 Å². The smallest absolute Gasteiger partial charge is 0.0245 e. The second-order valence-electron chi connectivity index (χ2n) is 5.63. The van der Waals surface area contributed by atoms with Gasteiger partial charge in [0.1, 0.15) is 0 Å². The van der Waals surface area contributed by atoms with E-state index >= 15 is 0 Å². The van der Waals surface area contributed by atoms with E-state index in [4.69, 9.17) is 0 Å². The van der Waals surface area contributed by atoms with E-state index in [-0.39, 0.29) is 0 Å². The maximum Gasteiger partial charge on any atom is 0.0245 e. The lowest BCUT2D eigenvalue weighted by Gasteiger charge is -2.34. The summed E-state index contributed by atoms with van der Waals surface area (Å²) < 4.78 is 0. The van der Waals surface area contributed by atoms with Crippen molar-refractivity contribution in [3.63, 3.8) is 0 Å². The molecule has 1 fully saturated rings. The molecule has 1 aromatic rings. The summed E-state index contributed by atoms with van der Waals surface area (Å²) in [6.07, 6.45) is 3.97. The van der Waals surface area contributed by atoms with Gasteiger partial charge in [-0.15, -0.1) is 11.3 Å². The van der Waals surface area contributed by atoms with Crippen molar-refractivity contribution in [3.05, 3.63) is 21.9 Å². The molecule has 1 saturated heterocycles. The minimum atomic E-state index is 0.721. The summed E-state index contributed by atoms with van der Waals surface area (Å²) in [5.41, 5.74) is 1.57. The minimum absolute atomic E-state index is 0.721. The molecule has 2 unspecified atom stereocenters. The summed E-state index contributed by atoms with van der Waals surface area (Å²) in [5.74, 6) is 0.905. The van der Waals surface area contributed by atoms with Crippen molar-refractivity contribution in [2.24, 2.45) is 5.92 Å². The molecule has 1 aromatic heterocycles. The van der Waals surface area contributed by atoms with Crippen LogP contribution in [0.5, 0.6) is 0 Å². The van der Waals surface area contributed by atoms with Gasteiger partial charge in [-0.2, -0.15) is 0 Å².